The molecule has 0 saturated heterocycles. The Kier molecular flexibility index (Phi) is 4.56. The predicted molar refractivity (Wildman–Crippen MR) is 116 cm³/mol. The Morgan fingerprint density at radius 3 is 2.53 bits per heavy atom. The molecule has 3 aromatic heterocycles. The van der Waals surface area contributed by atoms with Gasteiger partial charge in [-0.1, -0.05) is 12.1 Å². The first kappa shape index (κ1) is 19.3. The zero-order valence-electron chi connectivity index (χ0n) is 17.6. The number of fused-ring (bicyclic) bond motifs is 1. The van der Waals surface area contributed by atoms with Crippen LogP contribution in [-0.4, -0.2) is 14.1 Å². The number of allylic oxidation sites excluding steroid dienone is 1. The third-order valence-electron chi connectivity index (χ3n) is 5.60. The van der Waals surface area contributed by atoms with E-state index in [0.717, 1.165) is 39.3 Å². The molecule has 0 spiro atoms. The van der Waals surface area contributed by atoms with Crippen molar-refractivity contribution >= 4 is 22.7 Å². The van der Waals surface area contributed by atoms with Crippen LogP contribution in [0.3, 0.4) is 0 Å². The van der Waals surface area contributed by atoms with Crippen molar-refractivity contribution in [3.8, 4) is 18.0 Å². The van der Waals surface area contributed by atoms with E-state index < -0.39 is 0 Å². The van der Waals surface area contributed by atoms with Crippen LogP contribution in [0.15, 0.2) is 34.7 Å². The number of nitriles is 2. The average Bonchev–Trinajstić information content (AvgIpc) is 3.31. The molecule has 4 aromatic rings. The van der Waals surface area contributed by atoms with Gasteiger partial charge in [0.25, 0.3) is 0 Å². The summed E-state index contributed by atoms with van der Waals surface area (Å²) in [5.41, 5.74) is 6.36. The van der Waals surface area contributed by atoms with Crippen molar-refractivity contribution in [2.45, 2.75) is 27.7 Å². The normalized spacial score (nSPS) is 11.6. The molecule has 0 fully saturated rings. The van der Waals surface area contributed by atoms with Crippen molar-refractivity contribution in [3.05, 3.63) is 70.0 Å². The molecule has 0 amide bonds. The highest BCUT2D eigenvalue weighted by Gasteiger charge is 2.21. The van der Waals surface area contributed by atoms with Gasteiger partial charge in [0.05, 0.1) is 16.6 Å². The molecule has 6 heteroatoms. The second kappa shape index (κ2) is 7.09. The van der Waals surface area contributed by atoms with Gasteiger partial charge in [0.2, 0.25) is 5.88 Å². The van der Waals surface area contributed by atoms with Crippen LogP contribution < -0.4 is 0 Å². The van der Waals surface area contributed by atoms with Crippen LogP contribution in [0.5, 0.6) is 0 Å². The smallest absolute Gasteiger partial charge is 0.222 e. The third-order valence-corrected chi connectivity index (χ3v) is 5.60. The summed E-state index contributed by atoms with van der Waals surface area (Å²) in [4.78, 5) is 4.64. The van der Waals surface area contributed by atoms with Crippen molar-refractivity contribution in [2.24, 2.45) is 7.05 Å². The molecule has 0 bridgehead atoms. The number of para-hydroxylation sites is 2. The van der Waals surface area contributed by atoms with Gasteiger partial charge in [0.1, 0.15) is 23.5 Å². The average molecular weight is 395 g/mol. The number of hydrogen-bond acceptors (Lipinski definition) is 4. The molecule has 0 atom stereocenters. The lowest BCUT2D eigenvalue weighted by Gasteiger charge is -2.06. The van der Waals surface area contributed by atoms with Crippen molar-refractivity contribution in [1.82, 2.24) is 14.1 Å². The fourth-order valence-electron chi connectivity index (χ4n) is 3.83. The fraction of sp³-hybridized carbons (Fsp3) is 0.208. The van der Waals surface area contributed by atoms with E-state index in [-0.39, 0.29) is 0 Å². The Hall–Kier alpha value is -4.03. The van der Waals surface area contributed by atoms with Gasteiger partial charge in [-0.2, -0.15) is 10.5 Å². The number of imidazole rings is 1. The van der Waals surface area contributed by atoms with Crippen LogP contribution in [0.25, 0.3) is 28.6 Å². The highest BCUT2D eigenvalue weighted by atomic mass is 16.4. The largest absolute Gasteiger partial charge is 0.443 e. The molecular formula is C24H21N5O. The first-order valence-corrected chi connectivity index (χ1v) is 9.60. The molecular weight excluding hydrogens is 374 g/mol. The van der Waals surface area contributed by atoms with Gasteiger partial charge in [-0.3, -0.25) is 4.57 Å². The van der Waals surface area contributed by atoms with E-state index in [4.69, 9.17) is 4.42 Å². The lowest BCUT2D eigenvalue weighted by molar-refractivity contribution is 0.503. The molecule has 0 saturated carbocycles. The summed E-state index contributed by atoms with van der Waals surface area (Å²) in [6, 6.07) is 14.3. The van der Waals surface area contributed by atoms with Gasteiger partial charge < -0.3 is 8.98 Å². The summed E-state index contributed by atoms with van der Waals surface area (Å²) < 4.78 is 9.76. The van der Waals surface area contributed by atoms with E-state index in [1.807, 2.05) is 80.3 Å². The van der Waals surface area contributed by atoms with Gasteiger partial charge in [-0.25, -0.2) is 4.98 Å². The summed E-state index contributed by atoms with van der Waals surface area (Å²) >= 11 is 0. The molecule has 148 valence electrons. The number of rotatable bonds is 3. The van der Waals surface area contributed by atoms with Gasteiger partial charge in [-0.05, 0) is 57.5 Å². The molecule has 0 N–H and O–H groups in total. The topological polar surface area (TPSA) is 83.5 Å². The van der Waals surface area contributed by atoms with E-state index >= 15 is 0 Å². The van der Waals surface area contributed by atoms with E-state index in [1.165, 1.54) is 0 Å². The molecule has 0 radical (unpaired) electrons. The summed E-state index contributed by atoms with van der Waals surface area (Å²) in [5.74, 6) is 1.86. The molecule has 0 aliphatic heterocycles. The fourth-order valence-corrected chi connectivity index (χ4v) is 3.83. The van der Waals surface area contributed by atoms with Gasteiger partial charge in [-0.15, -0.1) is 0 Å². The number of furan rings is 1. The van der Waals surface area contributed by atoms with Gasteiger partial charge in [0, 0.05) is 24.0 Å². The Balaban J connectivity index is 1.88. The molecule has 0 aliphatic carbocycles. The predicted octanol–water partition coefficient (Wildman–Crippen LogP) is 5.13. The Labute approximate surface area is 174 Å². The quantitative estimate of drug-likeness (QED) is 0.450. The van der Waals surface area contributed by atoms with Crippen LogP contribution in [0.2, 0.25) is 0 Å². The SMILES string of the molecule is Cc1oc(-n2c(C)cc(/C=C(\C#N)c3nc4ccccc4n3C)c2C)c(C#N)c1C. The maximum absolute atomic E-state index is 9.86. The van der Waals surface area contributed by atoms with Crippen molar-refractivity contribution in [2.75, 3.05) is 0 Å². The zero-order chi connectivity index (χ0) is 21.6. The third kappa shape index (κ3) is 2.82. The molecule has 1 aromatic carbocycles. The maximum Gasteiger partial charge on any atom is 0.222 e. The van der Waals surface area contributed by atoms with Crippen LogP contribution in [0, 0.1) is 50.4 Å². The van der Waals surface area contributed by atoms with E-state index in [2.05, 4.69) is 17.1 Å². The lowest BCUT2D eigenvalue weighted by Crippen LogP contribution is -2.00. The minimum atomic E-state index is 0.473. The van der Waals surface area contributed by atoms with E-state index in [0.29, 0.717) is 22.8 Å². The Bertz CT molecular complexity index is 1410. The summed E-state index contributed by atoms with van der Waals surface area (Å²) in [6.45, 7) is 7.65. The number of nitrogens with zero attached hydrogens (tertiary/aromatic N) is 5. The van der Waals surface area contributed by atoms with Crippen molar-refractivity contribution < 1.29 is 4.42 Å². The first-order chi connectivity index (χ1) is 14.4. The van der Waals surface area contributed by atoms with E-state index in [1.54, 1.807) is 0 Å². The number of aromatic nitrogens is 3. The number of aryl methyl sites for hydroxylation is 3. The standard InChI is InChI=1S/C24H21N5O/c1-14-10-18(16(3)29(14)24-20(13-26)15(2)17(4)30-24)11-19(12-25)23-27-21-8-6-7-9-22(21)28(23)5/h6-11H,1-5H3/b19-11+. The highest BCUT2D eigenvalue weighted by Crippen LogP contribution is 2.30. The molecule has 0 unspecified atom stereocenters. The molecule has 3 heterocycles. The zero-order valence-corrected chi connectivity index (χ0v) is 17.6. The molecule has 0 aliphatic rings. The lowest BCUT2D eigenvalue weighted by atomic mass is 10.1. The van der Waals surface area contributed by atoms with Crippen LogP contribution in [0.1, 0.15) is 39.7 Å². The van der Waals surface area contributed by atoms with Gasteiger partial charge in [0.15, 0.2) is 5.82 Å². The van der Waals surface area contributed by atoms with Gasteiger partial charge >= 0.3 is 0 Å². The van der Waals surface area contributed by atoms with Crippen LogP contribution >= 0.6 is 0 Å². The minimum absolute atomic E-state index is 0.473. The second-order valence-corrected chi connectivity index (χ2v) is 7.39. The van der Waals surface area contributed by atoms with Crippen molar-refractivity contribution in [1.29, 1.82) is 10.5 Å². The number of hydrogen-bond donors (Lipinski definition) is 0. The number of benzene rings is 1. The highest BCUT2D eigenvalue weighted by molar-refractivity contribution is 5.91. The monoisotopic (exact) mass is 395 g/mol. The summed E-state index contributed by atoms with van der Waals surface area (Å²) in [6.07, 6.45) is 1.84. The van der Waals surface area contributed by atoms with Crippen molar-refractivity contribution in [3.63, 3.8) is 0 Å². The first-order valence-electron chi connectivity index (χ1n) is 9.60. The molecule has 6 nitrogen and oxygen atoms in total. The van der Waals surface area contributed by atoms with E-state index in [9.17, 15) is 10.5 Å². The maximum atomic E-state index is 9.86. The Morgan fingerprint density at radius 2 is 1.87 bits per heavy atom. The molecule has 30 heavy (non-hydrogen) atoms. The minimum Gasteiger partial charge on any atom is -0.443 e. The Morgan fingerprint density at radius 1 is 1.13 bits per heavy atom. The second-order valence-electron chi connectivity index (χ2n) is 7.39. The summed E-state index contributed by atoms with van der Waals surface area (Å²) in [5, 5.41) is 19.5. The molecule has 4 rings (SSSR count). The van der Waals surface area contributed by atoms with Crippen LogP contribution in [0.4, 0.5) is 0 Å². The van der Waals surface area contributed by atoms with Crippen LogP contribution in [-0.2, 0) is 7.05 Å². The summed E-state index contributed by atoms with van der Waals surface area (Å²) in [7, 11) is 1.91.